The van der Waals surface area contributed by atoms with Gasteiger partial charge in [0.05, 0.1) is 23.6 Å². The Morgan fingerprint density at radius 3 is 2.29 bits per heavy atom. The fourth-order valence-electron chi connectivity index (χ4n) is 2.34. The molecule has 2 rings (SSSR count). The van der Waals surface area contributed by atoms with Crippen LogP contribution in [0.25, 0.3) is 0 Å². The number of benzene rings is 2. The first-order valence-electron chi connectivity index (χ1n) is 8.93. The molecular formula is C20H24N2O5S. The molecule has 2 aromatic rings. The van der Waals surface area contributed by atoms with Crippen LogP contribution in [0.15, 0.2) is 59.5 Å². The van der Waals surface area contributed by atoms with Crippen LogP contribution in [0, 0.1) is 0 Å². The molecule has 1 N–H and O–H groups in total. The van der Waals surface area contributed by atoms with Crippen LogP contribution in [-0.4, -0.2) is 44.8 Å². The van der Waals surface area contributed by atoms with Gasteiger partial charge in [0.1, 0.15) is 0 Å². The number of likely N-dealkylation sites (N-methyl/N-ethyl adjacent to an activating group) is 1. The van der Waals surface area contributed by atoms with Crippen LogP contribution in [0.1, 0.15) is 30.1 Å². The van der Waals surface area contributed by atoms with E-state index < -0.39 is 21.9 Å². The van der Waals surface area contributed by atoms with E-state index in [0.29, 0.717) is 17.9 Å². The van der Waals surface area contributed by atoms with Crippen molar-refractivity contribution >= 4 is 27.6 Å². The van der Waals surface area contributed by atoms with Crippen LogP contribution in [0.3, 0.4) is 0 Å². The first-order valence-corrected chi connectivity index (χ1v) is 10.4. The summed E-state index contributed by atoms with van der Waals surface area (Å²) in [5, 5.41) is 2.62. The maximum atomic E-state index is 12.4. The van der Waals surface area contributed by atoms with Crippen molar-refractivity contribution in [2.24, 2.45) is 0 Å². The Kier molecular flexibility index (Phi) is 7.71. The molecule has 0 aromatic heterocycles. The fourth-order valence-corrected chi connectivity index (χ4v) is 3.49. The van der Waals surface area contributed by atoms with E-state index in [1.165, 1.54) is 19.2 Å². The number of carbonyl (C=O) groups is 2. The molecule has 8 heteroatoms. The van der Waals surface area contributed by atoms with E-state index in [-0.39, 0.29) is 11.4 Å². The largest absolute Gasteiger partial charge is 0.462 e. The molecule has 0 saturated carbocycles. The van der Waals surface area contributed by atoms with Crippen molar-refractivity contribution < 1.29 is 22.7 Å². The average molecular weight is 404 g/mol. The second-order valence-corrected chi connectivity index (χ2v) is 8.23. The van der Waals surface area contributed by atoms with E-state index in [2.05, 4.69) is 5.32 Å². The number of sulfonamides is 1. The minimum atomic E-state index is -3.74. The van der Waals surface area contributed by atoms with Gasteiger partial charge in [0.15, 0.2) is 0 Å². The third kappa shape index (κ3) is 5.90. The standard InChI is InChI=1S/C20H24N2O5S/c1-3-4-14-27-20(24)16-10-12-17(13-11-16)21-19(23)15-22(2)28(25,26)18-8-6-5-7-9-18/h5-13H,3-4,14-15H2,1-2H3,(H,21,23). The van der Waals surface area contributed by atoms with E-state index >= 15 is 0 Å². The Morgan fingerprint density at radius 1 is 1.04 bits per heavy atom. The highest BCUT2D eigenvalue weighted by atomic mass is 32.2. The molecule has 0 aliphatic rings. The van der Waals surface area contributed by atoms with Gasteiger partial charge in [-0.05, 0) is 42.8 Å². The second kappa shape index (κ2) is 10.0. The van der Waals surface area contributed by atoms with E-state index in [1.54, 1.807) is 42.5 Å². The number of carbonyl (C=O) groups excluding carboxylic acids is 2. The highest BCUT2D eigenvalue weighted by Crippen LogP contribution is 2.14. The zero-order chi connectivity index (χ0) is 20.6. The van der Waals surface area contributed by atoms with Gasteiger partial charge in [0.2, 0.25) is 15.9 Å². The number of esters is 1. The Bertz CT molecular complexity index is 896. The molecule has 0 unspecified atom stereocenters. The molecule has 2 aromatic carbocycles. The van der Waals surface area contributed by atoms with Crippen LogP contribution in [-0.2, 0) is 19.6 Å². The number of anilines is 1. The molecule has 0 spiro atoms. The number of amides is 1. The van der Waals surface area contributed by atoms with Gasteiger partial charge >= 0.3 is 5.97 Å². The summed E-state index contributed by atoms with van der Waals surface area (Å²) in [6, 6.07) is 14.1. The molecule has 0 aliphatic carbocycles. The predicted molar refractivity (Wildman–Crippen MR) is 107 cm³/mol. The number of ether oxygens (including phenoxy) is 1. The quantitative estimate of drug-likeness (QED) is 0.512. The summed E-state index contributed by atoms with van der Waals surface area (Å²) in [5.74, 6) is -0.903. The molecule has 0 saturated heterocycles. The Hall–Kier alpha value is -2.71. The number of rotatable bonds is 9. The van der Waals surface area contributed by atoms with Gasteiger partial charge in [0.25, 0.3) is 0 Å². The third-order valence-electron chi connectivity index (χ3n) is 3.95. The van der Waals surface area contributed by atoms with E-state index in [0.717, 1.165) is 17.1 Å². The van der Waals surface area contributed by atoms with Gasteiger partial charge in [0, 0.05) is 12.7 Å². The van der Waals surface area contributed by atoms with E-state index in [1.807, 2.05) is 6.92 Å². The maximum absolute atomic E-state index is 12.4. The van der Waals surface area contributed by atoms with Crippen molar-refractivity contribution in [3.63, 3.8) is 0 Å². The van der Waals surface area contributed by atoms with Crippen molar-refractivity contribution in [2.45, 2.75) is 24.7 Å². The predicted octanol–water partition coefficient (Wildman–Crippen LogP) is 2.90. The zero-order valence-corrected chi connectivity index (χ0v) is 16.7. The smallest absolute Gasteiger partial charge is 0.338 e. The van der Waals surface area contributed by atoms with Crippen LogP contribution in [0.4, 0.5) is 5.69 Å². The van der Waals surface area contributed by atoms with Crippen molar-refractivity contribution in [3.05, 3.63) is 60.2 Å². The van der Waals surface area contributed by atoms with Crippen molar-refractivity contribution in [1.82, 2.24) is 4.31 Å². The molecule has 0 heterocycles. The Balaban J connectivity index is 1.93. The number of nitrogens with zero attached hydrogens (tertiary/aromatic N) is 1. The lowest BCUT2D eigenvalue weighted by atomic mass is 10.2. The molecule has 28 heavy (non-hydrogen) atoms. The average Bonchev–Trinajstić information content (AvgIpc) is 2.69. The van der Waals surface area contributed by atoms with E-state index in [9.17, 15) is 18.0 Å². The first-order chi connectivity index (χ1) is 13.3. The summed E-state index contributed by atoms with van der Waals surface area (Å²) < 4.78 is 31.0. The van der Waals surface area contributed by atoms with Crippen molar-refractivity contribution in [1.29, 1.82) is 0 Å². The second-order valence-electron chi connectivity index (χ2n) is 6.19. The summed E-state index contributed by atoms with van der Waals surface area (Å²) in [5.41, 5.74) is 0.846. The summed E-state index contributed by atoms with van der Waals surface area (Å²) >= 11 is 0. The number of nitrogens with one attached hydrogen (secondary N) is 1. The van der Waals surface area contributed by atoms with E-state index in [4.69, 9.17) is 4.74 Å². The number of hydrogen-bond donors (Lipinski definition) is 1. The van der Waals surface area contributed by atoms with Crippen molar-refractivity contribution in [2.75, 3.05) is 25.5 Å². The van der Waals surface area contributed by atoms with Gasteiger partial charge in [-0.1, -0.05) is 31.5 Å². The highest BCUT2D eigenvalue weighted by Gasteiger charge is 2.22. The zero-order valence-electron chi connectivity index (χ0n) is 15.9. The number of hydrogen-bond acceptors (Lipinski definition) is 5. The lowest BCUT2D eigenvalue weighted by molar-refractivity contribution is -0.116. The topological polar surface area (TPSA) is 92.8 Å². The molecule has 0 bridgehead atoms. The lowest BCUT2D eigenvalue weighted by Crippen LogP contribution is -2.34. The SMILES string of the molecule is CCCCOC(=O)c1ccc(NC(=O)CN(C)S(=O)(=O)c2ccccc2)cc1. The minimum Gasteiger partial charge on any atom is -0.462 e. The molecule has 0 aliphatic heterocycles. The summed E-state index contributed by atoms with van der Waals surface area (Å²) in [6.45, 7) is 2.04. The molecule has 0 radical (unpaired) electrons. The third-order valence-corrected chi connectivity index (χ3v) is 5.77. The summed E-state index contributed by atoms with van der Waals surface area (Å²) in [6.07, 6.45) is 1.74. The molecule has 0 fully saturated rings. The molecular weight excluding hydrogens is 380 g/mol. The minimum absolute atomic E-state index is 0.122. The Labute approximate surface area is 165 Å². The molecule has 1 amide bonds. The van der Waals surface area contributed by atoms with Gasteiger partial charge in [-0.15, -0.1) is 0 Å². The maximum Gasteiger partial charge on any atom is 0.338 e. The normalized spacial score (nSPS) is 11.2. The molecule has 150 valence electrons. The number of unbranched alkanes of at least 4 members (excludes halogenated alkanes) is 1. The fraction of sp³-hybridized carbons (Fsp3) is 0.300. The van der Waals surface area contributed by atoms with Gasteiger partial charge in [-0.3, -0.25) is 4.79 Å². The molecule has 0 atom stereocenters. The van der Waals surface area contributed by atoms with Gasteiger partial charge < -0.3 is 10.1 Å². The van der Waals surface area contributed by atoms with Crippen LogP contribution < -0.4 is 5.32 Å². The van der Waals surface area contributed by atoms with Crippen molar-refractivity contribution in [3.8, 4) is 0 Å². The Morgan fingerprint density at radius 2 is 1.68 bits per heavy atom. The van der Waals surface area contributed by atoms with Crippen LogP contribution >= 0.6 is 0 Å². The monoisotopic (exact) mass is 404 g/mol. The van der Waals surface area contributed by atoms with Crippen LogP contribution in [0.5, 0.6) is 0 Å². The first kappa shape index (κ1) is 21.6. The van der Waals surface area contributed by atoms with Crippen LogP contribution in [0.2, 0.25) is 0 Å². The lowest BCUT2D eigenvalue weighted by Gasteiger charge is -2.17. The van der Waals surface area contributed by atoms with Gasteiger partial charge in [-0.2, -0.15) is 4.31 Å². The molecule has 7 nitrogen and oxygen atoms in total. The highest BCUT2D eigenvalue weighted by molar-refractivity contribution is 7.89. The van der Waals surface area contributed by atoms with Gasteiger partial charge in [-0.25, -0.2) is 13.2 Å². The summed E-state index contributed by atoms with van der Waals surface area (Å²) in [4.78, 5) is 24.2. The summed E-state index contributed by atoms with van der Waals surface area (Å²) in [7, 11) is -2.40.